The quantitative estimate of drug-likeness (QED) is 0.401. The number of aliphatic hydroxyl groups is 1. The van der Waals surface area contributed by atoms with Gasteiger partial charge in [0.25, 0.3) is 0 Å². The van der Waals surface area contributed by atoms with Crippen molar-refractivity contribution in [1.82, 2.24) is 0 Å². The molecule has 0 aromatic carbocycles. The fourth-order valence-electron chi connectivity index (χ4n) is 0. The van der Waals surface area contributed by atoms with Crippen LogP contribution < -0.4 is 5.73 Å². The second-order valence-electron chi connectivity index (χ2n) is 0.136. The van der Waals surface area contributed by atoms with Crippen LogP contribution in [0.2, 0.25) is 0 Å². The minimum absolute atomic E-state index is 0. The summed E-state index contributed by atoms with van der Waals surface area (Å²) < 4.78 is 0. The fraction of sp³-hybridized carbons (Fsp3) is 0.500. The standard InChI is InChI=1S/CH3NO.CH4O.ClH/c2-1-3;1-2;/h1H,(H2,2,3);2H,1H3;1H. The highest BCUT2D eigenvalue weighted by Gasteiger charge is 1.19. The Morgan fingerprint density at radius 1 is 1.67 bits per heavy atom. The van der Waals surface area contributed by atoms with E-state index in [1.807, 2.05) is 0 Å². The lowest BCUT2D eigenvalue weighted by molar-refractivity contribution is -0.106. The maximum absolute atomic E-state index is 8.58. The average Bonchev–Trinajstić information content (AvgIpc) is 1.46. The van der Waals surface area contributed by atoms with E-state index in [0.29, 0.717) is 0 Å². The van der Waals surface area contributed by atoms with Gasteiger partial charge in [-0.25, -0.2) is 0 Å². The van der Waals surface area contributed by atoms with Crippen molar-refractivity contribution in [3.63, 3.8) is 0 Å². The third kappa shape index (κ3) is 351. The van der Waals surface area contributed by atoms with E-state index < -0.39 is 0 Å². The Morgan fingerprint density at radius 3 is 1.67 bits per heavy atom. The van der Waals surface area contributed by atoms with Crippen molar-refractivity contribution in [2.24, 2.45) is 5.73 Å². The number of nitrogens with two attached hydrogens (primary N) is 1. The zero-order chi connectivity index (χ0) is 4.71. The van der Waals surface area contributed by atoms with Crippen molar-refractivity contribution in [2.75, 3.05) is 7.11 Å². The van der Waals surface area contributed by atoms with Crippen molar-refractivity contribution in [2.45, 2.75) is 0 Å². The number of carbonyl (C=O) groups is 1. The molecule has 0 fully saturated rings. The van der Waals surface area contributed by atoms with Crippen LogP contribution in [0.5, 0.6) is 0 Å². The number of amides is 1. The fourth-order valence-corrected chi connectivity index (χ4v) is 0. The van der Waals surface area contributed by atoms with Crippen LogP contribution in [0.15, 0.2) is 0 Å². The SMILES string of the molecule is CO.Cl.NC=O. The summed E-state index contributed by atoms with van der Waals surface area (Å²) in [5.41, 5.74) is 4.17. The zero-order valence-corrected chi connectivity index (χ0v) is 4.23. The average molecular weight is 114 g/mol. The van der Waals surface area contributed by atoms with Crippen LogP contribution in [0.4, 0.5) is 0 Å². The van der Waals surface area contributed by atoms with Crippen molar-refractivity contribution >= 4 is 18.8 Å². The monoisotopic (exact) mass is 113 g/mol. The van der Waals surface area contributed by atoms with E-state index in [1.165, 1.54) is 0 Å². The smallest absolute Gasteiger partial charge is 0.204 e. The van der Waals surface area contributed by atoms with Gasteiger partial charge in [0, 0.05) is 7.11 Å². The number of hydrogen-bond donors (Lipinski definition) is 2. The van der Waals surface area contributed by atoms with Gasteiger partial charge >= 0.3 is 0 Å². The molecule has 4 heteroatoms. The molecular formula is C2H8ClNO2. The van der Waals surface area contributed by atoms with Crippen LogP contribution in [-0.2, 0) is 4.79 Å². The molecule has 0 aliphatic rings. The van der Waals surface area contributed by atoms with Gasteiger partial charge in [0.1, 0.15) is 0 Å². The topological polar surface area (TPSA) is 63.3 Å². The number of carbonyl (C=O) groups excluding carboxylic acids is 1. The molecule has 0 rings (SSSR count). The summed E-state index contributed by atoms with van der Waals surface area (Å²) in [5, 5.41) is 7.00. The molecule has 40 valence electrons. The van der Waals surface area contributed by atoms with E-state index in [0.717, 1.165) is 7.11 Å². The summed E-state index contributed by atoms with van der Waals surface area (Å²) >= 11 is 0. The molecule has 0 saturated heterocycles. The molecule has 0 bridgehead atoms. The minimum Gasteiger partial charge on any atom is -0.400 e. The Kier molecular flexibility index (Phi) is 362. The normalized spacial score (nSPS) is 3.00. The molecule has 0 saturated carbocycles. The van der Waals surface area contributed by atoms with E-state index >= 15 is 0 Å². The molecule has 0 atom stereocenters. The Bertz CT molecular complexity index is 19.0. The lowest BCUT2D eigenvalue weighted by Crippen LogP contribution is -1.82. The third-order valence-corrected chi connectivity index (χ3v) is 0. The molecule has 0 heterocycles. The van der Waals surface area contributed by atoms with Gasteiger partial charge in [-0.1, -0.05) is 0 Å². The number of hydrogen-bond acceptors (Lipinski definition) is 2. The van der Waals surface area contributed by atoms with Crippen LogP contribution in [0.25, 0.3) is 0 Å². The number of halogens is 1. The predicted octanol–water partition coefficient (Wildman–Crippen LogP) is -0.868. The van der Waals surface area contributed by atoms with Gasteiger partial charge in [-0.15, -0.1) is 12.4 Å². The summed E-state index contributed by atoms with van der Waals surface area (Å²) in [6, 6.07) is 0. The van der Waals surface area contributed by atoms with Gasteiger partial charge in [-0.05, 0) is 0 Å². The maximum Gasteiger partial charge on any atom is 0.204 e. The highest BCUT2D eigenvalue weighted by Crippen LogP contribution is 0.799. The second-order valence-corrected chi connectivity index (χ2v) is 0.136. The number of aliphatic hydroxyl groups excluding tert-OH is 1. The van der Waals surface area contributed by atoms with Gasteiger partial charge in [-0.2, -0.15) is 0 Å². The molecule has 0 aliphatic heterocycles. The number of rotatable bonds is 0. The Labute approximate surface area is 42.6 Å². The van der Waals surface area contributed by atoms with E-state index in [9.17, 15) is 0 Å². The van der Waals surface area contributed by atoms with E-state index in [1.54, 1.807) is 0 Å². The van der Waals surface area contributed by atoms with Gasteiger partial charge in [0.05, 0.1) is 0 Å². The molecular weight excluding hydrogens is 105 g/mol. The number of primary amides is 1. The Hall–Kier alpha value is -0.280. The lowest BCUT2D eigenvalue weighted by atomic mass is 11.5. The summed E-state index contributed by atoms with van der Waals surface area (Å²) in [7, 11) is 1.00. The maximum atomic E-state index is 8.58. The molecule has 0 aromatic heterocycles. The predicted molar refractivity (Wildman–Crippen MR) is 25.6 cm³/mol. The van der Waals surface area contributed by atoms with Gasteiger partial charge in [-0.3, -0.25) is 4.79 Å². The van der Waals surface area contributed by atoms with Crippen molar-refractivity contribution in [3.05, 3.63) is 0 Å². The van der Waals surface area contributed by atoms with Gasteiger partial charge < -0.3 is 10.8 Å². The molecule has 0 aliphatic carbocycles. The first-order valence-corrected chi connectivity index (χ1v) is 1.02. The second kappa shape index (κ2) is 126. The molecule has 3 nitrogen and oxygen atoms in total. The molecule has 0 spiro atoms. The molecule has 0 radical (unpaired) electrons. The van der Waals surface area contributed by atoms with E-state index in [-0.39, 0.29) is 18.8 Å². The molecule has 0 aromatic rings. The van der Waals surface area contributed by atoms with Crippen LogP contribution in [-0.4, -0.2) is 18.6 Å². The summed E-state index contributed by atoms with van der Waals surface area (Å²) in [6.45, 7) is 0. The third-order valence-electron chi connectivity index (χ3n) is 0. The summed E-state index contributed by atoms with van der Waals surface area (Å²) in [4.78, 5) is 8.58. The highest BCUT2D eigenvalue weighted by molar-refractivity contribution is 5.85. The molecule has 3 N–H and O–H groups in total. The molecule has 1 amide bonds. The first-order chi connectivity index (χ1) is 2.41. The summed E-state index contributed by atoms with van der Waals surface area (Å²) in [6.07, 6.45) is 0.250. The van der Waals surface area contributed by atoms with Gasteiger partial charge in [0.2, 0.25) is 6.41 Å². The first kappa shape index (κ1) is 17.2. The largest absolute Gasteiger partial charge is 0.400 e. The van der Waals surface area contributed by atoms with Crippen LogP contribution in [0.1, 0.15) is 0 Å². The Balaban J connectivity index is -0.0000000275. The molecule has 6 heavy (non-hydrogen) atoms. The zero-order valence-electron chi connectivity index (χ0n) is 3.42. The lowest BCUT2D eigenvalue weighted by Gasteiger charge is -1.32. The van der Waals surface area contributed by atoms with Crippen LogP contribution in [0, 0.1) is 0 Å². The van der Waals surface area contributed by atoms with Crippen molar-refractivity contribution in [3.8, 4) is 0 Å². The summed E-state index contributed by atoms with van der Waals surface area (Å²) in [5.74, 6) is 0. The highest BCUT2D eigenvalue weighted by atomic mass is 35.5. The van der Waals surface area contributed by atoms with Crippen LogP contribution >= 0.6 is 12.4 Å². The minimum atomic E-state index is 0. The van der Waals surface area contributed by atoms with Gasteiger partial charge in [0.15, 0.2) is 0 Å². The van der Waals surface area contributed by atoms with Crippen LogP contribution in [0.3, 0.4) is 0 Å². The van der Waals surface area contributed by atoms with Crippen molar-refractivity contribution < 1.29 is 9.90 Å². The van der Waals surface area contributed by atoms with Crippen molar-refractivity contribution in [1.29, 1.82) is 0 Å². The molecule has 0 unspecified atom stereocenters. The Morgan fingerprint density at radius 2 is 1.67 bits per heavy atom. The van der Waals surface area contributed by atoms with E-state index in [4.69, 9.17) is 9.90 Å². The first-order valence-electron chi connectivity index (χ1n) is 1.02. The van der Waals surface area contributed by atoms with E-state index in [2.05, 4.69) is 5.73 Å².